The second kappa shape index (κ2) is 7.92. The van der Waals surface area contributed by atoms with Crippen LogP contribution in [0.2, 0.25) is 0 Å². The van der Waals surface area contributed by atoms with Crippen LogP contribution in [0.1, 0.15) is 50.5 Å². The highest BCUT2D eigenvalue weighted by Gasteiger charge is 2.10. The lowest BCUT2D eigenvalue weighted by Gasteiger charge is -2.21. The van der Waals surface area contributed by atoms with Crippen LogP contribution in [0.25, 0.3) is 0 Å². The van der Waals surface area contributed by atoms with Crippen molar-refractivity contribution in [3.05, 3.63) is 29.8 Å². The predicted octanol–water partition coefficient (Wildman–Crippen LogP) is 2.58. The molecule has 21 heavy (non-hydrogen) atoms. The molecule has 1 aliphatic carbocycles. The van der Waals surface area contributed by atoms with Gasteiger partial charge in [-0.15, -0.1) is 0 Å². The Morgan fingerprint density at radius 2 is 1.57 bits per heavy atom. The van der Waals surface area contributed by atoms with Crippen molar-refractivity contribution in [1.82, 2.24) is 5.32 Å². The quantitative estimate of drug-likeness (QED) is 0.878. The molecular formula is C16H26N2O2S. The van der Waals surface area contributed by atoms with Crippen LogP contribution in [0, 0.1) is 0 Å². The van der Waals surface area contributed by atoms with Crippen LogP contribution < -0.4 is 10.5 Å². The number of hydrogen-bond acceptors (Lipinski definition) is 3. The Balaban J connectivity index is 1.77. The van der Waals surface area contributed by atoms with Gasteiger partial charge in [-0.2, -0.15) is 0 Å². The first-order chi connectivity index (χ1) is 10.1. The van der Waals surface area contributed by atoms with Crippen molar-refractivity contribution in [1.29, 1.82) is 0 Å². The van der Waals surface area contributed by atoms with Gasteiger partial charge in [-0.05, 0) is 43.5 Å². The molecule has 3 N–H and O–H groups in total. The molecule has 0 amide bonds. The third kappa shape index (κ3) is 5.77. The van der Waals surface area contributed by atoms with Gasteiger partial charge in [0.2, 0.25) is 10.0 Å². The van der Waals surface area contributed by atoms with Gasteiger partial charge in [0, 0.05) is 6.04 Å². The summed E-state index contributed by atoms with van der Waals surface area (Å²) in [6.07, 6.45) is 10.3. The average molecular weight is 310 g/mol. The lowest BCUT2D eigenvalue weighted by Crippen LogP contribution is -2.31. The van der Waals surface area contributed by atoms with E-state index in [0.717, 1.165) is 18.5 Å². The molecule has 1 aliphatic rings. The summed E-state index contributed by atoms with van der Waals surface area (Å²) in [4.78, 5) is 0.180. The molecular weight excluding hydrogens is 284 g/mol. The molecule has 0 unspecified atom stereocenters. The summed E-state index contributed by atoms with van der Waals surface area (Å²) in [6.45, 7) is 0.944. The SMILES string of the molecule is NS(=O)(=O)c1ccc(CCNC2CCCCCCC2)cc1. The van der Waals surface area contributed by atoms with Gasteiger partial charge in [-0.1, -0.05) is 44.2 Å². The fraction of sp³-hybridized carbons (Fsp3) is 0.625. The van der Waals surface area contributed by atoms with Gasteiger partial charge in [0.1, 0.15) is 0 Å². The highest BCUT2D eigenvalue weighted by atomic mass is 32.2. The van der Waals surface area contributed by atoms with E-state index >= 15 is 0 Å². The van der Waals surface area contributed by atoms with Crippen LogP contribution in [0.5, 0.6) is 0 Å². The second-order valence-corrected chi connectivity index (χ2v) is 7.50. The summed E-state index contributed by atoms with van der Waals surface area (Å²) in [6, 6.07) is 7.51. The molecule has 2 rings (SSSR count). The lowest BCUT2D eigenvalue weighted by molar-refractivity contribution is 0.392. The van der Waals surface area contributed by atoms with Crippen molar-refractivity contribution in [2.24, 2.45) is 5.14 Å². The Morgan fingerprint density at radius 1 is 1.00 bits per heavy atom. The number of hydrogen-bond donors (Lipinski definition) is 2. The molecule has 118 valence electrons. The monoisotopic (exact) mass is 310 g/mol. The number of nitrogens with two attached hydrogens (primary N) is 1. The number of rotatable bonds is 5. The maximum atomic E-state index is 11.2. The Bertz CT molecular complexity index is 518. The maximum Gasteiger partial charge on any atom is 0.238 e. The van der Waals surface area contributed by atoms with Crippen molar-refractivity contribution in [3.63, 3.8) is 0 Å². The van der Waals surface area contributed by atoms with E-state index in [1.165, 1.54) is 44.9 Å². The Hall–Kier alpha value is -0.910. The minimum Gasteiger partial charge on any atom is -0.314 e. The van der Waals surface area contributed by atoms with E-state index < -0.39 is 10.0 Å². The van der Waals surface area contributed by atoms with Gasteiger partial charge in [0.15, 0.2) is 0 Å². The molecule has 0 aliphatic heterocycles. The second-order valence-electron chi connectivity index (χ2n) is 5.94. The van der Waals surface area contributed by atoms with E-state index in [1.807, 2.05) is 12.1 Å². The molecule has 0 aromatic heterocycles. The number of sulfonamides is 1. The lowest BCUT2D eigenvalue weighted by atomic mass is 9.96. The summed E-state index contributed by atoms with van der Waals surface area (Å²) in [5.41, 5.74) is 1.14. The Labute approximate surface area is 128 Å². The summed E-state index contributed by atoms with van der Waals surface area (Å²) in [5, 5.41) is 8.73. The van der Waals surface area contributed by atoms with E-state index in [0.29, 0.717) is 6.04 Å². The molecule has 5 heteroatoms. The highest BCUT2D eigenvalue weighted by molar-refractivity contribution is 7.89. The minimum absolute atomic E-state index is 0.180. The standard InChI is InChI=1S/C16H26N2O2S/c17-21(19,20)16-10-8-14(9-11-16)12-13-18-15-6-4-2-1-3-5-7-15/h8-11,15,18H,1-7,12-13H2,(H2,17,19,20). The topological polar surface area (TPSA) is 72.2 Å². The first kappa shape index (κ1) is 16.5. The van der Waals surface area contributed by atoms with Gasteiger partial charge in [0.25, 0.3) is 0 Å². The van der Waals surface area contributed by atoms with Crippen molar-refractivity contribution in [3.8, 4) is 0 Å². The van der Waals surface area contributed by atoms with E-state index in [1.54, 1.807) is 12.1 Å². The molecule has 0 saturated heterocycles. The highest BCUT2D eigenvalue weighted by Crippen LogP contribution is 2.17. The summed E-state index contributed by atoms with van der Waals surface area (Å²) in [7, 11) is -3.58. The molecule has 0 atom stereocenters. The molecule has 0 spiro atoms. The molecule has 0 radical (unpaired) electrons. The van der Waals surface area contributed by atoms with E-state index in [9.17, 15) is 8.42 Å². The largest absolute Gasteiger partial charge is 0.314 e. The summed E-state index contributed by atoms with van der Waals surface area (Å²) >= 11 is 0. The Morgan fingerprint density at radius 3 is 2.14 bits per heavy atom. The molecule has 1 fully saturated rings. The van der Waals surface area contributed by atoms with Crippen LogP contribution in [-0.2, 0) is 16.4 Å². The van der Waals surface area contributed by atoms with Gasteiger partial charge >= 0.3 is 0 Å². The fourth-order valence-corrected chi connectivity index (χ4v) is 3.44. The average Bonchev–Trinajstić information content (AvgIpc) is 2.40. The van der Waals surface area contributed by atoms with Gasteiger partial charge < -0.3 is 5.32 Å². The third-order valence-corrected chi connectivity index (χ3v) is 5.13. The number of primary sulfonamides is 1. The summed E-state index contributed by atoms with van der Waals surface area (Å²) in [5.74, 6) is 0. The van der Waals surface area contributed by atoms with Crippen LogP contribution in [0.15, 0.2) is 29.2 Å². The van der Waals surface area contributed by atoms with Crippen molar-refractivity contribution < 1.29 is 8.42 Å². The fourth-order valence-electron chi connectivity index (χ4n) is 2.93. The number of benzene rings is 1. The van der Waals surface area contributed by atoms with Crippen LogP contribution in [0.4, 0.5) is 0 Å². The number of nitrogens with one attached hydrogen (secondary N) is 1. The molecule has 1 aromatic carbocycles. The summed E-state index contributed by atoms with van der Waals surface area (Å²) < 4.78 is 22.4. The van der Waals surface area contributed by atoms with E-state index in [2.05, 4.69) is 5.32 Å². The first-order valence-corrected chi connectivity index (χ1v) is 9.45. The van der Waals surface area contributed by atoms with Crippen LogP contribution >= 0.6 is 0 Å². The van der Waals surface area contributed by atoms with E-state index in [-0.39, 0.29) is 4.90 Å². The van der Waals surface area contributed by atoms with Crippen molar-refractivity contribution in [2.75, 3.05) is 6.54 Å². The molecule has 0 bridgehead atoms. The smallest absolute Gasteiger partial charge is 0.238 e. The molecule has 0 heterocycles. The zero-order valence-electron chi connectivity index (χ0n) is 12.6. The zero-order valence-corrected chi connectivity index (χ0v) is 13.4. The molecule has 1 saturated carbocycles. The predicted molar refractivity (Wildman–Crippen MR) is 85.6 cm³/mol. The molecule has 1 aromatic rings. The van der Waals surface area contributed by atoms with Crippen molar-refractivity contribution in [2.45, 2.75) is 62.3 Å². The maximum absolute atomic E-state index is 11.2. The first-order valence-electron chi connectivity index (χ1n) is 7.91. The Kier molecular flexibility index (Phi) is 6.21. The normalized spacial score (nSPS) is 18.1. The minimum atomic E-state index is -3.58. The zero-order chi connectivity index (χ0) is 15.1. The van der Waals surface area contributed by atoms with Gasteiger partial charge in [0.05, 0.1) is 4.90 Å². The van der Waals surface area contributed by atoms with Gasteiger partial charge in [-0.3, -0.25) is 0 Å². The van der Waals surface area contributed by atoms with E-state index in [4.69, 9.17) is 5.14 Å². The molecule has 4 nitrogen and oxygen atoms in total. The van der Waals surface area contributed by atoms with Crippen molar-refractivity contribution >= 4 is 10.0 Å². The van der Waals surface area contributed by atoms with Crippen LogP contribution in [0.3, 0.4) is 0 Å². The third-order valence-electron chi connectivity index (χ3n) is 4.20. The van der Waals surface area contributed by atoms with Crippen LogP contribution in [-0.4, -0.2) is 21.0 Å². The van der Waals surface area contributed by atoms with Gasteiger partial charge in [-0.25, -0.2) is 13.6 Å².